The molecule has 0 fully saturated rings. The molecular formula is C17H20ClN3O3S. The van der Waals surface area contributed by atoms with Gasteiger partial charge in [-0.1, -0.05) is 23.7 Å². The number of sulfonamides is 1. The lowest BCUT2D eigenvalue weighted by Crippen LogP contribution is -2.21. The van der Waals surface area contributed by atoms with E-state index in [-0.39, 0.29) is 16.1 Å². The van der Waals surface area contributed by atoms with Crippen molar-refractivity contribution in [1.82, 2.24) is 10.2 Å². The molecular weight excluding hydrogens is 362 g/mol. The molecule has 2 rings (SSSR count). The second-order valence-electron chi connectivity index (χ2n) is 5.76. The van der Waals surface area contributed by atoms with E-state index in [0.717, 1.165) is 5.56 Å². The number of carbonyl (C=O) groups is 1. The number of amides is 1. The third-order valence-electron chi connectivity index (χ3n) is 3.43. The van der Waals surface area contributed by atoms with Crippen LogP contribution in [0.1, 0.15) is 15.9 Å². The Morgan fingerprint density at radius 1 is 1.12 bits per heavy atom. The van der Waals surface area contributed by atoms with Crippen LogP contribution >= 0.6 is 11.6 Å². The first-order valence-electron chi connectivity index (χ1n) is 7.51. The largest absolute Gasteiger partial charge is 0.355 e. The van der Waals surface area contributed by atoms with Crippen molar-refractivity contribution in [2.75, 3.05) is 25.9 Å². The first-order valence-corrected chi connectivity index (χ1v) is 9.37. The SMILES string of the molecule is CNC(=O)c1cc(Cl)ccc1NS(=O)(=O)c1ccc(CN(C)C)cc1. The number of halogens is 1. The third kappa shape index (κ3) is 4.94. The van der Waals surface area contributed by atoms with Gasteiger partial charge in [-0.2, -0.15) is 0 Å². The van der Waals surface area contributed by atoms with E-state index < -0.39 is 15.9 Å². The van der Waals surface area contributed by atoms with Crippen LogP contribution in [0.15, 0.2) is 47.4 Å². The Morgan fingerprint density at radius 2 is 1.76 bits per heavy atom. The summed E-state index contributed by atoms with van der Waals surface area (Å²) < 4.78 is 27.6. The summed E-state index contributed by atoms with van der Waals surface area (Å²) in [6.45, 7) is 0.714. The van der Waals surface area contributed by atoms with Crippen LogP contribution in [0.4, 0.5) is 5.69 Å². The van der Waals surface area contributed by atoms with Crippen molar-refractivity contribution in [2.45, 2.75) is 11.4 Å². The lowest BCUT2D eigenvalue weighted by Gasteiger charge is -2.13. The molecule has 0 atom stereocenters. The van der Waals surface area contributed by atoms with E-state index in [1.165, 1.54) is 37.4 Å². The van der Waals surface area contributed by atoms with E-state index >= 15 is 0 Å². The van der Waals surface area contributed by atoms with Crippen molar-refractivity contribution in [3.8, 4) is 0 Å². The van der Waals surface area contributed by atoms with Gasteiger partial charge in [0, 0.05) is 18.6 Å². The van der Waals surface area contributed by atoms with Gasteiger partial charge >= 0.3 is 0 Å². The highest BCUT2D eigenvalue weighted by Gasteiger charge is 2.18. The molecule has 2 aromatic rings. The van der Waals surface area contributed by atoms with E-state index in [1.807, 2.05) is 19.0 Å². The molecule has 0 aliphatic carbocycles. The van der Waals surface area contributed by atoms with Crippen LogP contribution in [-0.2, 0) is 16.6 Å². The summed E-state index contributed by atoms with van der Waals surface area (Å²) in [7, 11) is 1.52. The minimum absolute atomic E-state index is 0.118. The normalized spacial score (nSPS) is 11.4. The average molecular weight is 382 g/mol. The van der Waals surface area contributed by atoms with Crippen LogP contribution in [0.25, 0.3) is 0 Å². The Morgan fingerprint density at radius 3 is 2.32 bits per heavy atom. The molecule has 0 unspecified atom stereocenters. The van der Waals surface area contributed by atoms with Crippen LogP contribution in [-0.4, -0.2) is 40.4 Å². The van der Waals surface area contributed by atoms with Crippen molar-refractivity contribution in [3.05, 3.63) is 58.6 Å². The van der Waals surface area contributed by atoms with Crippen LogP contribution in [0.3, 0.4) is 0 Å². The molecule has 0 heterocycles. The van der Waals surface area contributed by atoms with Gasteiger partial charge in [-0.15, -0.1) is 0 Å². The summed E-state index contributed by atoms with van der Waals surface area (Å²) in [5.41, 5.74) is 1.32. The standard InChI is InChI=1S/C17H20ClN3O3S/c1-19-17(22)15-10-13(18)6-9-16(15)20-25(23,24)14-7-4-12(5-8-14)11-21(2)3/h4-10,20H,11H2,1-3H3,(H,19,22). The summed E-state index contributed by atoms with van der Waals surface area (Å²) in [4.78, 5) is 14.1. The Bertz CT molecular complexity index is 865. The average Bonchev–Trinajstić information content (AvgIpc) is 2.55. The molecule has 0 spiro atoms. The van der Waals surface area contributed by atoms with Crippen LogP contribution in [0.2, 0.25) is 5.02 Å². The van der Waals surface area contributed by atoms with Crippen molar-refractivity contribution in [1.29, 1.82) is 0 Å². The van der Waals surface area contributed by atoms with Gasteiger partial charge in [0.05, 0.1) is 16.1 Å². The fraction of sp³-hybridized carbons (Fsp3) is 0.235. The van der Waals surface area contributed by atoms with Crippen molar-refractivity contribution in [3.63, 3.8) is 0 Å². The Labute approximate surface area is 152 Å². The quantitative estimate of drug-likeness (QED) is 0.806. The van der Waals surface area contributed by atoms with Gasteiger partial charge in [0.1, 0.15) is 0 Å². The lowest BCUT2D eigenvalue weighted by molar-refractivity contribution is 0.0964. The predicted molar refractivity (Wildman–Crippen MR) is 99.5 cm³/mol. The van der Waals surface area contributed by atoms with Gasteiger partial charge in [0.2, 0.25) is 0 Å². The molecule has 6 nitrogen and oxygen atoms in total. The summed E-state index contributed by atoms with van der Waals surface area (Å²) in [5, 5.41) is 2.81. The monoisotopic (exact) mass is 381 g/mol. The van der Waals surface area contributed by atoms with Gasteiger partial charge in [-0.05, 0) is 50.0 Å². The smallest absolute Gasteiger partial charge is 0.261 e. The number of nitrogens with zero attached hydrogens (tertiary/aromatic N) is 1. The zero-order valence-electron chi connectivity index (χ0n) is 14.2. The van der Waals surface area contributed by atoms with Gasteiger partial charge in [-0.25, -0.2) is 8.42 Å². The second kappa shape index (κ2) is 7.86. The number of nitrogens with one attached hydrogen (secondary N) is 2. The summed E-state index contributed by atoms with van der Waals surface area (Å²) in [6, 6.07) is 11.0. The highest BCUT2D eigenvalue weighted by molar-refractivity contribution is 7.92. The molecule has 2 N–H and O–H groups in total. The fourth-order valence-electron chi connectivity index (χ4n) is 2.27. The highest BCUT2D eigenvalue weighted by Crippen LogP contribution is 2.24. The van der Waals surface area contributed by atoms with E-state index in [1.54, 1.807) is 12.1 Å². The summed E-state index contributed by atoms with van der Waals surface area (Å²) >= 11 is 5.90. The molecule has 0 aliphatic rings. The lowest BCUT2D eigenvalue weighted by atomic mass is 10.2. The van der Waals surface area contributed by atoms with Crippen LogP contribution in [0, 0.1) is 0 Å². The number of benzene rings is 2. The molecule has 2 aromatic carbocycles. The molecule has 134 valence electrons. The number of hydrogen-bond donors (Lipinski definition) is 2. The van der Waals surface area contributed by atoms with Gasteiger partial charge in [0.15, 0.2) is 0 Å². The summed E-state index contributed by atoms with van der Waals surface area (Å²) in [6.07, 6.45) is 0. The minimum atomic E-state index is -3.82. The topological polar surface area (TPSA) is 78.5 Å². The molecule has 8 heteroatoms. The predicted octanol–water partition coefficient (Wildman–Crippen LogP) is 2.56. The Kier molecular flexibility index (Phi) is 6.05. The zero-order chi connectivity index (χ0) is 18.6. The maximum absolute atomic E-state index is 12.6. The maximum atomic E-state index is 12.6. The van der Waals surface area contributed by atoms with Crippen molar-refractivity contribution in [2.24, 2.45) is 0 Å². The number of carbonyl (C=O) groups excluding carboxylic acids is 1. The molecule has 1 amide bonds. The summed E-state index contributed by atoms with van der Waals surface area (Å²) in [5.74, 6) is -0.429. The Hall–Kier alpha value is -2.09. The molecule has 0 radical (unpaired) electrons. The molecule has 0 saturated carbocycles. The van der Waals surface area contributed by atoms with E-state index in [0.29, 0.717) is 11.6 Å². The minimum Gasteiger partial charge on any atom is -0.355 e. The van der Waals surface area contributed by atoms with Crippen molar-refractivity contribution < 1.29 is 13.2 Å². The molecule has 0 aromatic heterocycles. The van der Waals surface area contributed by atoms with E-state index in [2.05, 4.69) is 10.0 Å². The zero-order valence-corrected chi connectivity index (χ0v) is 15.8. The van der Waals surface area contributed by atoms with Crippen LogP contribution < -0.4 is 10.0 Å². The van der Waals surface area contributed by atoms with Crippen LogP contribution in [0.5, 0.6) is 0 Å². The Balaban J connectivity index is 2.31. The molecule has 0 bridgehead atoms. The van der Waals surface area contributed by atoms with E-state index in [9.17, 15) is 13.2 Å². The molecule has 0 saturated heterocycles. The maximum Gasteiger partial charge on any atom is 0.261 e. The van der Waals surface area contributed by atoms with E-state index in [4.69, 9.17) is 11.6 Å². The first-order chi connectivity index (χ1) is 11.7. The number of hydrogen-bond acceptors (Lipinski definition) is 4. The van der Waals surface area contributed by atoms with Gasteiger partial charge in [-0.3, -0.25) is 9.52 Å². The fourth-order valence-corrected chi connectivity index (χ4v) is 3.52. The van der Waals surface area contributed by atoms with Gasteiger partial charge in [0.25, 0.3) is 15.9 Å². The highest BCUT2D eigenvalue weighted by atomic mass is 35.5. The first kappa shape index (κ1) is 19.2. The number of anilines is 1. The third-order valence-corrected chi connectivity index (χ3v) is 5.05. The molecule has 0 aliphatic heterocycles. The molecule has 25 heavy (non-hydrogen) atoms. The van der Waals surface area contributed by atoms with Crippen molar-refractivity contribution >= 4 is 33.2 Å². The van der Waals surface area contributed by atoms with Gasteiger partial charge < -0.3 is 10.2 Å². The number of rotatable bonds is 6. The second-order valence-corrected chi connectivity index (χ2v) is 7.88.